The van der Waals surface area contributed by atoms with Crippen LogP contribution in [0.2, 0.25) is 0 Å². The van der Waals surface area contributed by atoms with Gasteiger partial charge in [0, 0.05) is 33.6 Å². The average molecular weight is 1150 g/mol. The van der Waals surface area contributed by atoms with Crippen molar-refractivity contribution in [3.63, 3.8) is 0 Å². The number of rotatable bonds is 12. The van der Waals surface area contributed by atoms with Gasteiger partial charge in [0.1, 0.15) is 30.0 Å². The smallest absolute Gasteiger partial charge is 0.859 e. The van der Waals surface area contributed by atoms with Crippen LogP contribution in [0.25, 0.3) is 0 Å². The summed E-state index contributed by atoms with van der Waals surface area (Å²) in [6.07, 6.45) is 0.817. The van der Waals surface area contributed by atoms with Crippen molar-refractivity contribution >= 4 is 121 Å². The Hall–Kier alpha value is -4.48. The molecule has 2 aliphatic rings. The Morgan fingerprint density at radius 3 is 1.03 bits per heavy atom. The second-order valence-corrected chi connectivity index (χ2v) is 20.8. The number of nitrogens with zero attached hydrogens (tertiary/aromatic N) is 2. The Bertz CT molecular complexity index is 3820. The third-order valence-corrected chi connectivity index (χ3v) is 14.3. The fourth-order valence-electron chi connectivity index (χ4n) is 7.75. The Morgan fingerprint density at radius 2 is 0.750 bits per heavy atom. The minimum atomic E-state index is -5.54. The molecule has 2 aliphatic carbocycles. The number of hydrogen-bond acceptors (Lipinski definition) is 22. The summed E-state index contributed by atoms with van der Waals surface area (Å²) < 4.78 is 144. The SMILES string of the molecule is Nc1c(S(=O)(=O)O)cc(Nc2ccc(N=C([O-])C=CC([O-])=Nc3ccc(Nc4cc(S(=O)(=O)O)c(N)c5c4C(=O)c4ccccc4C5=O)cc3S(=O)(=O)[O-])c(S(=O)(=O)[O-])c2)c2c1C(=O)c1ccccc1C2=O.[Na+].[Na+].[Na+].[Na+]. The number of carbonyl (C=O) groups is 4. The van der Waals surface area contributed by atoms with E-state index in [0.717, 1.165) is 24.3 Å². The molecule has 0 radical (unpaired) electrons. The summed E-state index contributed by atoms with van der Waals surface area (Å²) in [6, 6.07) is 17.1. The molecule has 8 rings (SSSR count). The summed E-state index contributed by atoms with van der Waals surface area (Å²) >= 11 is 0. The number of nitrogen functional groups attached to an aromatic ring is 2. The summed E-state index contributed by atoms with van der Waals surface area (Å²) in [6.45, 7) is 0. The van der Waals surface area contributed by atoms with Crippen molar-refractivity contribution in [2.24, 2.45) is 9.98 Å². The molecule has 0 saturated heterocycles. The van der Waals surface area contributed by atoms with Crippen LogP contribution in [0, 0.1) is 0 Å². The van der Waals surface area contributed by atoms with Gasteiger partial charge in [-0.15, -0.1) is 0 Å². The molecule has 0 atom stereocenters. The summed E-state index contributed by atoms with van der Waals surface area (Å²) in [5, 5.41) is 30.9. The number of hydrogen-bond donors (Lipinski definition) is 6. The fraction of sp³-hybridized carbons (Fsp3) is 0. The molecule has 368 valence electrons. The van der Waals surface area contributed by atoms with Crippen molar-refractivity contribution in [1.29, 1.82) is 0 Å². The maximum Gasteiger partial charge on any atom is 1.00 e. The van der Waals surface area contributed by atoms with E-state index in [1.807, 2.05) is 0 Å². The molecular formula is C44H26N6Na4O18S4. The minimum absolute atomic E-state index is 0. The van der Waals surface area contributed by atoms with Crippen LogP contribution in [0.4, 0.5) is 45.5 Å². The Morgan fingerprint density at radius 1 is 0.461 bits per heavy atom. The third kappa shape index (κ3) is 12.7. The molecule has 0 saturated carbocycles. The van der Waals surface area contributed by atoms with E-state index in [1.54, 1.807) is 0 Å². The number of ketones is 4. The molecule has 0 spiro atoms. The van der Waals surface area contributed by atoms with Gasteiger partial charge in [0.15, 0.2) is 23.1 Å². The van der Waals surface area contributed by atoms with Crippen molar-refractivity contribution in [3.8, 4) is 0 Å². The molecule has 0 fully saturated rings. The zero-order valence-corrected chi connectivity index (χ0v) is 50.8. The van der Waals surface area contributed by atoms with Gasteiger partial charge in [-0.2, -0.15) is 16.8 Å². The van der Waals surface area contributed by atoms with E-state index in [2.05, 4.69) is 20.6 Å². The first-order valence-corrected chi connectivity index (χ1v) is 25.4. The fourth-order valence-corrected chi connectivity index (χ4v) is 10.3. The largest absolute Gasteiger partial charge is 1.00 e. The molecular weight excluding hydrogens is 1120 g/mol. The summed E-state index contributed by atoms with van der Waals surface area (Å²) in [7, 11) is -21.4. The van der Waals surface area contributed by atoms with Crippen LogP contribution in [0.1, 0.15) is 63.7 Å². The monoisotopic (exact) mass is 1150 g/mol. The molecule has 0 unspecified atom stereocenters. The van der Waals surface area contributed by atoms with Crippen molar-refractivity contribution in [2.75, 3.05) is 22.1 Å². The van der Waals surface area contributed by atoms with Crippen molar-refractivity contribution in [1.82, 2.24) is 0 Å². The number of benzene rings is 6. The first kappa shape index (κ1) is 64.0. The average Bonchev–Trinajstić information content (AvgIpc) is 3.29. The third-order valence-electron chi connectivity index (χ3n) is 10.8. The van der Waals surface area contributed by atoms with E-state index in [-0.39, 0.29) is 152 Å². The standard InChI is InChI=1S/C44H30N6O18S4.4Na/c45-39-31(71(63,64)65)17-27(35-37(39)43(55)23-7-3-1-5-21(23)41(35)53)47-19-9-11-25(29(15-19)69(57,58)59)49-33(51)13-14-34(52)50-26-12-10-20(16-30(26)70(60,61)62)48-28-18-32(72(66,67)68)40(46)38-36(28)42(54)22-6-2-4-8-24(22)44(38)56;;;;/h1-18,47-48H,45-46H2,(H,49,51)(H,50,52)(H,57,58,59)(H,60,61,62)(H,63,64,65)(H,66,67,68);;;;/q;4*+1/p-4. The predicted molar refractivity (Wildman–Crippen MR) is 247 cm³/mol. The van der Waals surface area contributed by atoms with Gasteiger partial charge in [0.25, 0.3) is 20.2 Å². The molecule has 0 aromatic heterocycles. The normalized spacial score (nSPS) is 13.4. The first-order valence-electron chi connectivity index (χ1n) is 19.7. The number of carbonyl (C=O) groups excluding carboxylic acids is 4. The van der Waals surface area contributed by atoms with Crippen LogP contribution in [-0.2, 0) is 40.5 Å². The molecule has 6 aromatic carbocycles. The predicted octanol–water partition coefficient (Wildman–Crippen LogP) is -9.76. The van der Waals surface area contributed by atoms with Crippen molar-refractivity contribution in [3.05, 3.63) is 154 Å². The maximum atomic E-state index is 13.7. The van der Waals surface area contributed by atoms with Gasteiger partial charge >= 0.3 is 118 Å². The van der Waals surface area contributed by atoms with Gasteiger partial charge in [-0.25, -0.2) is 16.8 Å². The van der Waals surface area contributed by atoms with Gasteiger partial charge in [0.05, 0.1) is 66.2 Å². The van der Waals surface area contributed by atoms with E-state index < -0.39 is 151 Å². The number of fused-ring (bicyclic) bond motifs is 4. The number of aliphatic imine (C=N–C) groups is 2. The Labute approximate surface area is 519 Å². The van der Waals surface area contributed by atoms with E-state index in [4.69, 9.17) is 11.5 Å². The van der Waals surface area contributed by atoms with Crippen LogP contribution < -0.4 is 151 Å². The first-order chi connectivity index (χ1) is 33.6. The Kier molecular flexibility index (Phi) is 20.1. The van der Waals surface area contributed by atoms with Crippen LogP contribution in [0.5, 0.6) is 0 Å². The second-order valence-electron chi connectivity index (χ2n) is 15.3. The zero-order chi connectivity index (χ0) is 52.6. The van der Waals surface area contributed by atoms with Crippen LogP contribution in [-0.4, -0.2) is 86.8 Å². The number of nitrogens with two attached hydrogens (primary N) is 2. The molecule has 8 N–H and O–H groups in total. The molecule has 76 heavy (non-hydrogen) atoms. The quantitative estimate of drug-likeness (QED) is 0.0217. The van der Waals surface area contributed by atoms with E-state index in [0.29, 0.717) is 36.4 Å². The van der Waals surface area contributed by atoms with Crippen LogP contribution >= 0.6 is 0 Å². The van der Waals surface area contributed by atoms with Gasteiger partial charge < -0.3 is 41.4 Å². The van der Waals surface area contributed by atoms with Gasteiger partial charge in [-0.3, -0.25) is 38.3 Å². The van der Waals surface area contributed by atoms with Gasteiger partial charge in [-0.1, -0.05) is 60.7 Å². The Balaban J connectivity index is 0.00000312. The summed E-state index contributed by atoms with van der Waals surface area (Å²) in [4.78, 5) is 57.0. The summed E-state index contributed by atoms with van der Waals surface area (Å²) in [5.74, 6) is -6.31. The van der Waals surface area contributed by atoms with E-state index in [9.17, 15) is 81.3 Å². The van der Waals surface area contributed by atoms with Gasteiger partial charge in [0.2, 0.25) is 0 Å². The molecule has 0 bridgehead atoms. The van der Waals surface area contributed by atoms with E-state index in [1.165, 1.54) is 48.5 Å². The van der Waals surface area contributed by atoms with Gasteiger partial charge in [-0.05, 0) is 60.3 Å². The molecule has 24 nitrogen and oxygen atoms in total. The number of nitrogens with one attached hydrogen (secondary N) is 2. The van der Waals surface area contributed by atoms with E-state index >= 15 is 0 Å². The molecule has 0 amide bonds. The molecule has 0 heterocycles. The van der Waals surface area contributed by atoms with Crippen molar-refractivity contribution in [2.45, 2.75) is 19.6 Å². The molecule has 0 aliphatic heterocycles. The molecule has 6 aromatic rings. The second kappa shape index (κ2) is 23.9. The number of anilines is 6. The van der Waals surface area contributed by atoms with Crippen LogP contribution in [0.15, 0.2) is 139 Å². The summed E-state index contributed by atoms with van der Waals surface area (Å²) in [5.41, 5.74) is 4.32. The topological polar surface area (TPSA) is 438 Å². The molecule has 32 heteroatoms. The van der Waals surface area contributed by atoms with Crippen molar-refractivity contribution < 1.29 is 200 Å². The maximum absolute atomic E-state index is 13.7. The zero-order valence-electron chi connectivity index (χ0n) is 39.5. The minimum Gasteiger partial charge on any atom is -0.859 e. The van der Waals surface area contributed by atoms with Crippen LogP contribution in [0.3, 0.4) is 0 Å².